The lowest BCUT2D eigenvalue weighted by Crippen LogP contribution is -2.30. The number of benzene rings is 5. The first-order valence-electron chi connectivity index (χ1n) is 14.9. The lowest BCUT2D eigenvalue weighted by molar-refractivity contribution is -0.116. The number of anilines is 2. The largest absolute Gasteiger partial charge is 0.325 e. The van der Waals surface area contributed by atoms with Crippen molar-refractivity contribution in [3.8, 4) is 0 Å². The van der Waals surface area contributed by atoms with E-state index in [4.69, 9.17) is 0 Å². The molecule has 1 heterocycles. The first kappa shape index (κ1) is 31.0. The van der Waals surface area contributed by atoms with Gasteiger partial charge in [0.25, 0.3) is 11.8 Å². The first-order valence-corrected chi connectivity index (χ1v) is 15.8. The van der Waals surface area contributed by atoms with Crippen LogP contribution in [-0.2, 0) is 9.59 Å². The van der Waals surface area contributed by atoms with Crippen molar-refractivity contribution in [1.29, 1.82) is 0 Å². The van der Waals surface area contributed by atoms with E-state index in [9.17, 15) is 14.4 Å². The van der Waals surface area contributed by atoms with Crippen LogP contribution in [0, 0.1) is 0 Å². The topological polar surface area (TPSA) is 100 Å². The number of hydrogen-bond donors (Lipinski definition) is 3. The number of nitrogens with zero attached hydrogens (tertiary/aromatic N) is 1. The molecule has 1 unspecified atom stereocenters. The molecule has 0 aliphatic carbocycles. The standard InChI is InChI=1S/C39H30N4O3S/c44-37(29-13-5-2-6-14-29)43-35(26-30-16-9-15-27-10-7-8-17-34(27)30)38(45)41-31-18-20-33(21-19-31)47-36(28-11-3-1-4-12-28)39(46)42-32-22-24-40-25-23-32/h1-26,36H,(H,41,45)(H,43,44)(H,40,42,46)/b35-26-. The molecule has 3 amide bonds. The van der Waals surface area contributed by atoms with E-state index in [0.717, 1.165) is 26.8 Å². The fourth-order valence-corrected chi connectivity index (χ4v) is 5.99. The van der Waals surface area contributed by atoms with Crippen LogP contribution in [-0.4, -0.2) is 22.7 Å². The van der Waals surface area contributed by atoms with E-state index in [-0.39, 0.29) is 11.6 Å². The van der Waals surface area contributed by atoms with E-state index in [1.165, 1.54) is 11.8 Å². The molecule has 5 aromatic carbocycles. The van der Waals surface area contributed by atoms with Gasteiger partial charge < -0.3 is 16.0 Å². The van der Waals surface area contributed by atoms with Crippen LogP contribution >= 0.6 is 11.8 Å². The summed E-state index contributed by atoms with van der Waals surface area (Å²) in [6, 6.07) is 42.8. The number of thioether (sulfide) groups is 1. The number of amides is 3. The smallest absolute Gasteiger partial charge is 0.272 e. The number of carbonyl (C=O) groups is 3. The molecule has 230 valence electrons. The van der Waals surface area contributed by atoms with Crippen molar-refractivity contribution in [2.75, 3.05) is 10.6 Å². The van der Waals surface area contributed by atoms with Gasteiger partial charge in [-0.05, 0) is 76.5 Å². The van der Waals surface area contributed by atoms with E-state index in [1.54, 1.807) is 67.0 Å². The van der Waals surface area contributed by atoms with Crippen LogP contribution in [0.25, 0.3) is 16.8 Å². The molecule has 1 aromatic heterocycles. The van der Waals surface area contributed by atoms with Crippen LogP contribution in [0.2, 0.25) is 0 Å². The summed E-state index contributed by atoms with van der Waals surface area (Å²) in [4.78, 5) is 45.0. The Morgan fingerprint density at radius 1 is 0.638 bits per heavy atom. The van der Waals surface area contributed by atoms with Crippen LogP contribution in [0.5, 0.6) is 0 Å². The molecule has 0 spiro atoms. The minimum Gasteiger partial charge on any atom is -0.325 e. The van der Waals surface area contributed by atoms with E-state index in [0.29, 0.717) is 16.9 Å². The van der Waals surface area contributed by atoms with Crippen LogP contribution in [0.3, 0.4) is 0 Å². The number of aromatic nitrogens is 1. The lowest BCUT2D eigenvalue weighted by Gasteiger charge is -2.17. The molecule has 47 heavy (non-hydrogen) atoms. The molecule has 1 atom stereocenters. The second-order valence-electron chi connectivity index (χ2n) is 10.6. The second kappa shape index (κ2) is 14.9. The molecule has 0 saturated carbocycles. The average molecular weight is 635 g/mol. The van der Waals surface area contributed by atoms with Gasteiger partial charge in [0.15, 0.2) is 0 Å². The third kappa shape index (κ3) is 8.00. The lowest BCUT2D eigenvalue weighted by atomic mass is 10.0. The molecule has 0 fully saturated rings. The Labute approximate surface area is 276 Å². The second-order valence-corrected chi connectivity index (χ2v) is 11.7. The minimum atomic E-state index is -0.520. The van der Waals surface area contributed by atoms with Crippen LogP contribution in [0.4, 0.5) is 11.4 Å². The Bertz CT molecular complexity index is 2030. The number of hydrogen-bond acceptors (Lipinski definition) is 5. The molecule has 0 radical (unpaired) electrons. The van der Waals surface area contributed by atoms with Crippen LogP contribution < -0.4 is 16.0 Å². The summed E-state index contributed by atoms with van der Waals surface area (Å²) in [6.45, 7) is 0. The maximum atomic E-state index is 13.7. The van der Waals surface area contributed by atoms with Crippen LogP contribution in [0.15, 0.2) is 163 Å². The van der Waals surface area contributed by atoms with E-state index in [2.05, 4.69) is 20.9 Å². The van der Waals surface area contributed by atoms with Gasteiger partial charge in [0, 0.05) is 34.2 Å². The number of nitrogens with one attached hydrogen (secondary N) is 3. The third-order valence-electron chi connectivity index (χ3n) is 7.31. The Balaban J connectivity index is 1.22. The Morgan fingerprint density at radius 2 is 1.28 bits per heavy atom. The highest BCUT2D eigenvalue weighted by Crippen LogP contribution is 2.36. The zero-order chi connectivity index (χ0) is 32.4. The maximum absolute atomic E-state index is 13.7. The zero-order valence-corrected chi connectivity index (χ0v) is 26.0. The van der Waals surface area contributed by atoms with Gasteiger partial charge in [0.2, 0.25) is 5.91 Å². The van der Waals surface area contributed by atoms with Gasteiger partial charge >= 0.3 is 0 Å². The van der Waals surface area contributed by atoms with Gasteiger partial charge in [0.05, 0.1) is 0 Å². The third-order valence-corrected chi connectivity index (χ3v) is 8.57. The van der Waals surface area contributed by atoms with Crippen molar-refractivity contribution in [3.05, 3.63) is 174 Å². The monoisotopic (exact) mass is 634 g/mol. The number of fused-ring (bicyclic) bond motifs is 1. The van der Waals surface area contributed by atoms with Crippen molar-refractivity contribution in [1.82, 2.24) is 10.3 Å². The first-order chi connectivity index (χ1) is 23.0. The van der Waals surface area contributed by atoms with Gasteiger partial charge in [-0.3, -0.25) is 19.4 Å². The van der Waals surface area contributed by atoms with E-state index < -0.39 is 17.1 Å². The summed E-state index contributed by atoms with van der Waals surface area (Å²) >= 11 is 1.40. The predicted octanol–water partition coefficient (Wildman–Crippen LogP) is 8.12. The summed E-state index contributed by atoms with van der Waals surface area (Å²) in [5.74, 6) is -1.03. The molecule has 8 heteroatoms. The molecule has 0 aliphatic rings. The summed E-state index contributed by atoms with van der Waals surface area (Å²) < 4.78 is 0. The molecule has 0 aliphatic heterocycles. The van der Waals surface area contributed by atoms with Crippen molar-refractivity contribution in [3.63, 3.8) is 0 Å². The van der Waals surface area contributed by atoms with Gasteiger partial charge in [0.1, 0.15) is 10.9 Å². The normalized spacial score (nSPS) is 11.8. The quantitative estimate of drug-likeness (QED) is 0.104. The molecule has 6 rings (SSSR count). The molecule has 0 saturated heterocycles. The van der Waals surface area contributed by atoms with Gasteiger partial charge in [-0.1, -0.05) is 91.0 Å². The van der Waals surface area contributed by atoms with Gasteiger partial charge in [-0.15, -0.1) is 11.8 Å². The molecule has 7 nitrogen and oxygen atoms in total. The average Bonchev–Trinajstić information content (AvgIpc) is 3.12. The highest BCUT2D eigenvalue weighted by molar-refractivity contribution is 8.00. The molecular weight excluding hydrogens is 605 g/mol. The molecule has 0 bridgehead atoms. The fourth-order valence-electron chi connectivity index (χ4n) is 4.97. The Hall–Kier alpha value is -5.99. The van der Waals surface area contributed by atoms with Gasteiger partial charge in [-0.25, -0.2) is 0 Å². The molecule has 6 aromatic rings. The molecular formula is C39H30N4O3S. The highest BCUT2D eigenvalue weighted by atomic mass is 32.2. The zero-order valence-electron chi connectivity index (χ0n) is 25.2. The Morgan fingerprint density at radius 3 is 2.02 bits per heavy atom. The summed E-state index contributed by atoms with van der Waals surface area (Å²) in [7, 11) is 0. The SMILES string of the molecule is O=C(Nc1ccc(SC(C(=O)Nc2ccncc2)c2ccccc2)cc1)/C(=C/c1cccc2ccccc12)NC(=O)c1ccccc1. The summed E-state index contributed by atoms with van der Waals surface area (Å²) in [5, 5.41) is 10.2. The van der Waals surface area contributed by atoms with E-state index >= 15 is 0 Å². The van der Waals surface area contributed by atoms with Crippen molar-refractivity contribution in [2.24, 2.45) is 0 Å². The number of carbonyl (C=O) groups excluding carboxylic acids is 3. The summed E-state index contributed by atoms with van der Waals surface area (Å²) in [5.41, 5.74) is 3.40. The highest BCUT2D eigenvalue weighted by Gasteiger charge is 2.22. The van der Waals surface area contributed by atoms with Gasteiger partial charge in [-0.2, -0.15) is 0 Å². The number of pyridine rings is 1. The van der Waals surface area contributed by atoms with Crippen molar-refractivity contribution in [2.45, 2.75) is 10.1 Å². The Kier molecular flexibility index (Phi) is 9.81. The predicted molar refractivity (Wildman–Crippen MR) is 189 cm³/mol. The van der Waals surface area contributed by atoms with Crippen molar-refractivity contribution < 1.29 is 14.4 Å². The van der Waals surface area contributed by atoms with Crippen molar-refractivity contribution >= 4 is 57.7 Å². The molecule has 3 N–H and O–H groups in total. The van der Waals surface area contributed by atoms with Crippen LogP contribution in [0.1, 0.15) is 26.7 Å². The minimum absolute atomic E-state index is 0.102. The summed E-state index contributed by atoms with van der Waals surface area (Å²) in [6.07, 6.45) is 4.95. The number of rotatable bonds is 10. The van der Waals surface area contributed by atoms with E-state index in [1.807, 2.05) is 91.0 Å². The maximum Gasteiger partial charge on any atom is 0.272 e. The fraction of sp³-hybridized carbons (Fsp3) is 0.0256.